The fourth-order valence-corrected chi connectivity index (χ4v) is 1.89. The van der Waals surface area contributed by atoms with Crippen LogP contribution in [0.25, 0.3) is 0 Å². The van der Waals surface area contributed by atoms with Crippen molar-refractivity contribution in [2.75, 3.05) is 11.9 Å². The molecule has 1 amide bonds. The predicted molar refractivity (Wildman–Crippen MR) is 86.0 cm³/mol. The minimum Gasteiger partial charge on any atom is -0.354 e. The number of benzene rings is 1. The third-order valence-electron chi connectivity index (χ3n) is 3.20. The molecule has 0 unspecified atom stereocenters. The number of nitrogens with one attached hydrogen (secondary N) is 2. The van der Waals surface area contributed by atoms with Crippen molar-refractivity contribution < 1.29 is 4.79 Å². The van der Waals surface area contributed by atoms with Crippen LogP contribution < -0.4 is 10.6 Å². The molecule has 0 aliphatic carbocycles. The Morgan fingerprint density at radius 2 is 2.00 bits per heavy atom. The molecule has 0 aliphatic heterocycles. The average Bonchev–Trinajstić information content (AvgIpc) is 2.49. The van der Waals surface area contributed by atoms with Gasteiger partial charge in [-0.15, -0.1) is 6.58 Å². The highest BCUT2D eigenvalue weighted by Crippen LogP contribution is 2.19. The van der Waals surface area contributed by atoms with Crippen LogP contribution in [0.3, 0.4) is 0 Å². The standard InChI is InChI=1S/C17H19N3O/c1-4-7-19-17(21)14-9-16(11-18-10-14)20-15-6-5-12(2)13(3)8-15/h4-6,8-11,20H,1,7H2,2-3H3,(H,19,21). The van der Waals surface area contributed by atoms with Gasteiger partial charge < -0.3 is 10.6 Å². The molecule has 1 aromatic carbocycles. The number of carbonyl (C=O) groups excluding carboxylic acids is 1. The zero-order valence-electron chi connectivity index (χ0n) is 12.3. The minimum atomic E-state index is -0.161. The lowest BCUT2D eigenvalue weighted by Gasteiger charge is -2.09. The van der Waals surface area contributed by atoms with E-state index >= 15 is 0 Å². The highest BCUT2D eigenvalue weighted by molar-refractivity contribution is 5.94. The minimum absolute atomic E-state index is 0.161. The summed E-state index contributed by atoms with van der Waals surface area (Å²) in [6.07, 6.45) is 4.88. The summed E-state index contributed by atoms with van der Waals surface area (Å²) >= 11 is 0. The Hall–Kier alpha value is -2.62. The Bertz CT molecular complexity index is 665. The summed E-state index contributed by atoms with van der Waals surface area (Å²) in [7, 11) is 0. The van der Waals surface area contributed by atoms with Gasteiger partial charge in [-0.3, -0.25) is 9.78 Å². The Kier molecular flexibility index (Phi) is 4.72. The molecule has 2 aromatic rings. The van der Waals surface area contributed by atoms with Crippen LogP contribution in [0, 0.1) is 13.8 Å². The Balaban J connectivity index is 2.15. The number of hydrogen-bond acceptors (Lipinski definition) is 3. The van der Waals surface area contributed by atoms with Gasteiger partial charge in [-0.2, -0.15) is 0 Å². The van der Waals surface area contributed by atoms with Gasteiger partial charge in [-0.25, -0.2) is 0 Å². The number of aromatic nitrogens is 1. The molecule has 0 bridgehead atoms. The first kappa shape index (κ1) is 14.8. The maximum atomic E-state index is 11.9. The molecule has 2 N–H and O–H groups in total. The second-order valence-electron chi connectivity index (χ2n) is 4.89. The highest BCUT2D eigenvalue weighted by Gasteiger charge is 2.06. The van der Waals surface area contributed by atoms with Crippen molar-refractivity contribution >= 4 is 17.3 Å². The maximum Gasteiger partial charge on any atom is 0.253 e. The summed E-state index contributed by atoms with van der Waals surface area (Å²) in [6.45, 7) is 8.15. The number of aryl methyl sites for hydroxylation is 2. The lowest BCUT2D eigenvalue weighted by molar-refractivity contribution is 0.0957. The predicted octanol–water partition coefficient (Wildman–Crippen LogP) is 3.36. The van der Waals surface area contributed by atoms with Gasteiger partial charge in [0.2, 0.25) is 0 Å². The van der Waals surface area contributed by atoms with Crippen molar-refractivity contribution in [3.05, 3.63) is 66.0 Å². The van der Waals surface area contributed by atoms with Crippen molar-refractivity contribution in [2.45, 2.75) is 13.8 Å². The Labute approximate surface area is 124 Å². The van der Waals surface area contributed by atoms with Crippen molar-refractivity contribution in [3.8, 4) is 0 Å². The van der Waals surface area contributed by atoms with E-state index in [2.05, 4.69) is 48.2 Å². The molecule has 4 heteroatoms. The normalized spacial score (nSPS) is 10.0. The fraction of sp³-hybridized carbons (Fsp3) is 0.176. The summed E-state index contributed by atoms with van der Waals surface area (Å²) < 4.78 is 0. The van der Waals surface area contributed by atoms with Crippen LogP contribution >= 0.6 is 0 Å². The summed E-state index contributed by atoms with van der Waals surface area (Å²) in [6, 6.07) is 7.92. The quantitative estimate of drug-likeness (QED) is 0.826. The van der Waals surface area contributed by atoms with E-state index in [0.29, 0.717) is 12.1 Å². The molecule has 1 heterocycles. The summed E-state index contributed by atoms with van der Waals surface area (Å²) in [5, 5.41) is 5.99. The molecule has 0 saturated heterocycles. The van der Waals surface area contributed by atoms with Gasteiger partial charge in [0.1, 0.15) is 0 Å². The number of pyridine rings is 1. The highest BCUT2D eigenvalue weighted by atomic mass is 16.1. The van der Waals surface area contributed by atoms with Crippen LogP contribution in [0.15, 0.2) is 49.3 Å². The molecule has 0 radical (unpaired) electrons. The molecule has 2 rings (SSSR count). The first-order chi connectivity index (χ1) is 10.1. The van der Waals surface area contributed by atoms with E-state index in [1.165, 1.54) is 11.1 Å². The Morgan fingerprint density at radius 3 is 2.71 bits per heavy atom. The van der Waals surface area contributed by atoms with Crippen LogP contribution in [0.5, 0.6) is 0 Å². The van der Waals surface area contributed by atoms with Crippen LogP contribution in [-0.4, -0.2) is 17.4 Å². The molecule has 0 fully saturated rings. The SMILES string of the molecule is C=CCNC(=O)c1cncc(Nc2ccc(C)c(C)c2)c1. The summed E-state index contributed by atoms with van der Waals surface area (Å²) in [5.74, 6) is -0.161. The maximum absolute atomic E-state index is 11.9. The first-order valence-electron chi connectivity index (χ1n) is 6.78. The number of nitrogens with zero attached hydrogens (tertiary/aromatic N) is 1. The summed E-state index contributed by atoms with van der Waals surface area (Å²) in [4.78, 5) is 16.0. The van der Waals surface area contributed by atoms with Gasteiger partial charge in [-0.1, -0.05) is 12.1 Å². The van der Waals surface area contributed by atoms with E-state index < -0.39 is 0 Å². The second kappa shape index (κ2) is 6.70. The van der Waals surface area contributed by atoms with Gasteiger partial charge in [0.05, 0.1) is 17.4 Å². The van der Waals surface area contributed by atoms with Crippen LogP contribution in [0.2, 0.25) is 0 Å². The van der Waals surface area contributed by atoms with Gasteiger partial charge in [-0.05, 0) is 43.2 Å². The van der Waals surface area contributed by atoms with Gasteiger partial charge in [0.15, 0.2) is 0 Å². The summed E-state index contributed by atoms with van der Waals surface area (Å²) in [5.41, 5.74) is 4.74. The number of amides is 1. The molecule has 1 aromatic heterocycles. The molecular weight excluding hydrogens is 262 g/mol. The number of anilines is 2. The average molecular weight is 281 g/mol. The lowest BCUT2D eigenvalue weighted by Crippen LogP contribution is -2.23. The molecular formula is C17H19N3O. The van der Waals surface area contributed by atoms with E-state index in [4.69, 9.17) is 0 Å². The van der Waals surface area contributed by atoms with Gasteiger partial charge in [0.25, 0.3) is 5.91 Å². The van der Waals surface area contributed by atoms with Crippen molar-refractivity contribution in [3.63, 3.8) is 0 Å². The molecule has 4 nitrogen and oxygen atoms in total. The number of hydrogen-bond donors (Lipinski definition) is 2. The van der Waals surface area contributed by atoms with Crippen molar-refractivity contribution in [1.82, 2.24) is 10.3 Å². The van der Waals surface area contributed by atoms with E-state index in [-0.39, 0.29) is 5.91 Å². The zero-order valence-corrected chi connectivity index (χ0v) is 12.3. The van der Waals surface area contributed by atoms with E-state index in [0.717, 1.165) is 11.4 Å². The third kappa shape index (κ3) is 3.92. The van der Waals surface area contributed by atoms with Crippen molar-refractivity contribution in [2.24, 2.45) is 0 Å². The second-order valence-corrected chi connectivity index (χ2v) is 4.89. The largest absolute Gasteiger partial charge is 0.354 e. The Morgan fingerprint density at radius 1 is 1.19 bits per heavy atom. The number of rotatable bonds is 5. The molecule has 0 spiro atoms. The van der Waals surface area contributed by atoms with Crippen LogP contribution in [-0.2, 0) is 0 Å². The van der Waals surface area contributed by atoms with Gasteiger partial charge >= 0.3 is 0 Å². The molecule has 0 saturated carbocycles. The van der Waals surface area contributed by atoms with Gasteiger partial charge in [0, 0.05) is 18.4 Å². The number of carbonyl (C=O) groups is 1. The molecule has 21 heavy (non-hydrogen) atoms. The molecule has 0 atom stereocenters. The fourth-order valence-electron chi connectivity index (χ4n) is 1.89. The van der Waals surface area contributed by atoms with Crippen molar-refractivity contribution in [1.29, 1.82) is 0 Å². The third-order valence-corrected chi connectivity index (χ3v) is 3.20. The molecule has 108 valence electrons. The topological polar surface area (TPSA) is 54.0 Å². The zero-order chi connectivity index (χ0) is 15.2. The van der Waals surface area contributed by atoms with E-state index in [9.17, 15) is 4.79 Å². The van der Waals surface area contributed by atoms with Crippen LogP contribution in [0.4, 0.5) is 11.4 Å². The van der Waals surface area contributed by atoms with E-state index in [1.807, 2.05) is 6.07 Å². The smallest absolute Gasteiger partial charge is 0.253 e. The molecule has 0 aliphatic rings. The van der Waals surface area contributed by atoms with Crippen LogP contribution in [0.1, 0.15) is 21.5 Å². The van der Waals surface area contributed by atoms with E-state index in [1.54, 1.807) is 24.5 Å². The first-order valence-corrected chi connectivity index (χ1v) is 6.78. The lowest BCUT2D eigenvalue weighted by atomic mass is 10.1. The monoisotopic (exact) mass is 281 g/mol.